The summed E-state index contributed by atoms with van der Waals surface area (Å²) in [6.07, 6.45) is 4.97. The molecule has 0 bridgehead atoms. The van der Waals surface area contributed by atoms with Crippen LogP contribution >= 0.6 is 0 Å². The number of nitrogens with one attached hydrogen (secondary N) is 1. The Morgan fingerprint density at radius 2 is 2.14 bits per heavy atom. The minimum atomic E-state index is -0.00236. The summed E-state index contributed by atoms with van der Waals surface area (Å²) in [5.41, 5.74) is 1.46. The van der Waals surface area contributed by atoms with Gasteiger partial charge < -0.3 is 19.9 Å². The van der Waals surface area contributed by atoms with Crippen molar-refractivity contribution in [1.82, 2.24) is 0 Å². The lowest BCUT2D eigenvalue weighted by atomic mass is 9.75. The van der Waals surface area contributed by atoms with Crippen LogP contribution in [0.25, 0.3) is 0 Å². The van der Waals surface area contributed by atoms with E-state index in [1.165, 1.54) is 25.7 Å². The lowest BCUT2D eigenvalue weighted by molar-refractivity contribution is 0.196. The second-order valence-corrected chi connectivity index (χ2v) is 6.54. The number of aliphatic hydroxyl groups is 1. The van der Waals surface area contributed by atoms with Gasteiger partial charge in [0, 0.05) is 17.8 Å². The summed E-state index contributed by atoms with van der Waals surface area (Å²) in [6.45, 7) is 4.95. The van der Waals surface area contributed by atoms with Crippen LogP contribution in [0.5, 0.6) is 11.5 Å². The number of methoxy groups -OCH3 is 1. The van der Waals surface area contributed by atoms with Crippen LogP contribution < -0.4 is 14.8 Å². The second kappa shape index (κ2) is 7.03. The van der Waals surface area contributed by atoms with E-state index >= 15 is 0 Å². The summed E-state index contributed by atoms with van der Waals surface area (Å²) in [5, 5.41) is 12.5. The van der Waals surface area contributed by atoms with E-state index < -0.39 is 0 Å². The summed E-state index contributed by atoms with van der Waals surface area (Å²) in [7, 11) is 1.62. The van der Waals surface area contributed by atoms with Crippen LogP contribution in [-0.2, 0) is 0 Å². The molecule has 1 unspecified atom stereocenters. The Balaban J connectivity index is 2.05. The highest BCUT2D eigenvalue weighted by molar-refractivity contribution is 5.55. The van der Waals surface area contributed by atoms with Crippen LogP contribution in [0, 0.1) is 5.41 Å². The largest absolute Gasteiger partial charge is 0.493 e. The molecule has 1 fully saturated rings. The quantitative estimate of drug-likeness (QED) is 0.843. The van der Waals surface area contributed by atoms with Crippen LogP contribution in [0.1, 0.15) is 39.5 Å². The van der Waals surface area contributed by atoms with E-state index in [-0.39, 0.29) is 13.2 Å². The van der Waals surface area contributed by atoms with E-state index in [1.807, 2.05) is 18.2 Å². The van der Waals surface area contributed by atoms with Crippen molar-refractivity contribution in [2.24, 2.45) is 5.41 Å². The van der Waals surface area contributed by atoms with E-state index in [1.54, 1.807) is 7.11 Å². The lowest BCUT2D eigenvalue weighted by Crippen LogP contribution is -2.31. The molecule has 21 heavy (non-hydrogen) atoms. The number of hydrogen-bond donors (Lipinski definition) is 2. The van der Waals surface area contributed by atoms with Gasteiger partial charge in [-0.1, -0.05) is 20.3 Å². The van der Waals surface area contributed by atoms with Crippen molar-refractivity contribution in [3.05, 3.63) is 18.2 Å². The Morgan fingerprint density at radius 1 is 1.33 bits per heavy atom. The molecule has 2 rings (SSSR count). The normalized spacial score (nSPS) is 20.9. The predicted octanol–water partition coefficient (Wildman–Crippen LogP) is 3.45. The third kappa shape index (κ3) is 4.53. The van der Waals surface area contributed by atoms with Crippen molar-refractivity contribution in [3.8, 4) is 11.5 Å². The van der Waals surface area contributed by atoms with Crippen molar-refractivity contribution in [1.29, 1.82) is 0 Å². The van der Waals surface area contributed by atoms with E-state index in [2.05, 4.69) is 19.2 Å². The molecule has 1 aliphatic rings. The molecule has 4 heteroatoms. The molecule has 1 aromatic rings. The Bertz CT molecular complexity index is 459. The first-order valence-corrected chi connectivity index (χ1v) is 7.72. The molecule has 0 heterocycles. The number of aliphatic hydroxyl groups excluding tert-OH is 1. The van der Waals surface area contributed by atoms with Gasteiger partial charge in [-0.05, 0) is 36.8 Å². The maximum atomic E-state index is 8.90. The smallest absolute Gasteiger partial charge is 0.163 e. The number of anilines is 1. The SMILES string of the molecule is COc1ccc(NC2CCCC(C)(C)C2)cc1OCCO. The molecular weight excluding hydrogens is 266 g/mol. The fourth-order valence-corrected chi connectivity index (χ4v) is 3.09. The standard InChI is InChI=1S/C17H27NO3/c1-17(2)8-4-5-14(12-17)18-13-6-7-15(20-3)16(11-13)21-10-9-19/h6-7,11,14,18-19H,4-5,8-10,12H2,1-3H3. The van der Waals surface area contributed by atoms with Gasteiger partial charge in [0.15, 0.2) is 11.5 Å². The Labute approximate surface area is 127 Å². The zero-order valence-electron chi connectivity index (χ0n) is 13.3. The Morgan fingerprint density at radius 3 is 2.81 bits per heavy atom. The van der Waals surface area contributed by atoms with Crippen molar-refractivity contribution in [2.45, 2.75) is 45.6 Å². The van der Waals surface area contributed by atoms with Crippen LogP contribution in [0.15, 0.2) is 18.2 Å². The lowest BCUT2D eigenvalue weighted by Gasteiger charge is -2.36. The van der Waals surface area contributed by atoms with Crippen LogP contribution in [0.4, 0.5) is 5.69 Å². The Hall–Kier alpha value is -1.42. The first-order valence-electron chi connectivity index (χ1n) is 7.72. The van der Waals surface area contributed by atoms with Crippen LogP contribution in [0.2, 0.25) is 0 Å². The Kier molecular flexibility index (Phi) is 5.34. The van der Waals surface area contributed by atoms with Gasteiger partial charge in [0.25, 0.3) is 0 Å². The predicted molar refractivity (Wildman–Crippen MR) is 85.2 cm³/mol. The molecule has 1 atom stereocenters. The summed E-state index contributed by atoms with van der Waals surface area (Å²) in [4.78, 5) is 0. The van der Waals surface area contributed by atoms with Gasteiger partial charge >= 0.3 is 0 Å². The highest BCUT2D eigenvalue weighted by Crippen LogP contribution is 2.37. The molecular formula is C17H27NO3. The van der Waals surface area contributed by atoms with Gasteiger partial charge in [-0.25, -0.2) is 0 Å². The topological polar surface area (TPSA) is 50.7 Å². The van der Waals surface area contributed by atoms with Crippen molar-refractivity contribution in [2.75, 3.05) is 25.6 Å². The highest BCUT2D eigenvalue weighted by Gasteiger charge is 2.27. The molecule has 4 nitrogen and oxygen atoms in total. The van der Waals surface area contributed by atoms with E-state index in [4.69, 9.17) is 14.6 Å². The summed E-state index contributed by atoms with van der Waals surface area (Å²) >= 11 is 0. The average molecular weight is 293 g/mol. The van der Waals surface area contributed by atoms with Crippen molar-refractivity contribution in [3.63, 3.8) is 0 Å². The maximum Gasteiger partial charge on any atom is 0.163 e. The molecule has 118 valence electrons. The third-order valence-electron chi connectivity index (χ3n) is 4.09. The average Bonchev–Trinajstić information content (AvgIpc) is 2.44. The first-order chi connectivity index (χ1) is 10.0. The first kappa shape index (κ1) is 16.0. The molecule has 0 spiro atoms. The van der Waals surface area contributed by atoms with Crippen LogP contribution in [0.3, 0.4) is 0 Å². The molecule has 1 saturated carbocycles. The van der Waals surface area contributed by atoms with E-state index in [9.17, 15) is 0 Å². The minimum absolute atomic E-state index is 0.00236. The van der Waals surface area contributed by atoms with Crippen molar-refractivity contribution < 1.29 is 14.6 Å². The molecule has 1 aromatic carbocycles. The zero-order valence-corrected chi connectivity index (χ0v) is 13.3. The minimum Gasteiger partial charge on any atom is -0.493 e. The summed E-state index contributed by atoms with van der Waals surface area (Å²) in [6, 6.07) is 6.39. The molecule has 0 aromatic heterocycles. The summed E-state index contributed by atoms with van der Waals surface area (Å²) < 4.78 is 10.8. The van der Waals surface area contributed by atoms with E-state index in [0.717, 1.165) is 5.69 Å². The van der Waals surface area contributed by atoms with Gasteiger partial charge in [0.1, 0.15) is 6.61 Å². The fraction of sp³-hybridized carbons (Fsp3) is 0.647. The van der Waals surface area contributed by atoms with Gasteiger partial charge in [-0.3, -0.25) is 0 Å². The highest BCUT2D eigenvalue weighted by atomic mass is 16.5. The third-order valence-corrected chi connectivity index (χ3v) is 4.09. The molecule has 2 N–H and O–H groups in total. The molecule has 0 saturated heterocycles. The zero-order chi connectivity index (χ0) is 15.3. The molecule has 1 aliphatic carbocycles. The monoisotopic (exact) mass is 293 g/mol. The number of rotatable bonds is 6. The number of ether oxygens (including phenoxy) is 2. The van der Waals surface area contributed by atoms with Crippen molar-refractivity contribution >= 4 is 5.69 Å². The van der Waals surface area contributed by atoms with Gasteiger partial charge in [-0.2, -0.15) is 0 Å². The van der Waals surface area contributed by atoms with Crippen LogP contribution in [-0.4, -0.2) is 31.5 Å². The second-order valence-electron chi connectivity index (χ2n) is 6.54. The molecule has 0 aliphatic heterocycles. The maximum absolute atomic E-state index is 8.90. The number of benzene rings is 1. The van der Waals surface area contributed by atoms with Gasteiger partial charge in [0.05, 0.1) is 13.7 Å². The van der Waals surface area contributed by atoms with Gasteiger partial charge in [0.2, 0.25) is 0 Å². The summed E-state index contributed by atoms with van der Waals surface area (Å²) in [5.74, 6) is 1.37. The molecule has 0 radical (unpaired) electrons. The van der Waals surface area contributed by atoms with E-state index in [0.29, 0.717) is 23.0 Å². The van der Waals surface area contributed by atoms with Gasteiger partial charge in [-0.15, -0.1) is 0 Å². The number of hydrogen-bond acceptors (Lipinski definition) is 4. The molecule has 0 amide bonds. The fourth-order valence-electron chi connectivity index (χ4n) is 3.09.